The molecule has 0 atom stereocenters. The van der Waals surface area contributed by atoms with Crippen molar-refractivity contribution >= 4 is 22.3 Å². The highest BCUT2D eigenvalue weighted by atomic mass is 16.6. The zero-order chi connectivity index (χ0) is 17.1. The minimum absolute atomic E-state index is 0.122. The van der Waals surface area contributed by atoms with Crippen LogP contribution in [0.5, 0.6) is 0 Å². The maximum absolute atomic E-state index is 11.1. The minimum atomic E-state index is -0.342. The van der Waals surface area contributed by atoms with Gasteiger partial charge in [-0.1, -0.05) is 6.92 Å². The Kier molecular flexibility index (Phi) is 4.94. The molecule has 0 unspecified atom stereocenters. The van der Waals surface area contributed by atoms with Crippen molar-refractivity contribution in [2.45, 2.75) is 26.7 Å². The average Bonchev–Trinajstić information content (AvgIpc) is 2.59. The molecule has 0 saturated carbocycles. The van der Waals surface area contributed by atoms with Gasteiger partial charge in [-0.2, -0.15) is 0 Å². The first-order valence-electron chi connectivity index (χ1n) is 8.60. The van der Waals surface area contributed by atoms with E-state index in [1.54, 1.807) is 12.1 Å². The number of nitrogens with one attached hydrogen (secondary N) is 1. The Balaban J connectivity index is 1.88. The van der Waals surface area contributed by atoms with E-state index in [1.807, 2.05) is 6.92 Å². The second-order valence-electron chi connectivity index (χ2n) is 6.48. The van der Waals surface area contributed by atoms with Gasteiger partial charge in [0.15, 0.2) is 0 Å². The number of piperidine rings is 1. The number of aryl methyl sites for hydroxylation is 1. The molecule has 6 heteroatoms. The van der Waals surface area contributed by atoms with Crippen LogP contribution in [0.15, 0.2) is 24.3 Å². The second-order valence-corrected chi connectivity index (χ2v) is 6.48. The van der Waals surface area contributed by atoms with Crippen LogP contribution >= 0.6 is 0 Å². The van der Waals surface area contributed by atoms with E-state index in [-0.39, 0.29) is 10.6 Å². The molecule has 2 heterocycles. The Morgan fingerprint density at radius 1 is 1.33 bits per heavy atom. The van der Waals surface area contributed by atoms with Crippen LogP contribution < -0.4 is 10.2 Å². The zero-order valence-corrected chi connectivity index (χ0v) is 14.3. The van der Waals surface area contributed by atoms with Gasteiger partial charge in [0.25, 0.3) is 5.69 Å². The summed E-state index contributed by atoms with van der Waals surface area (Å²) in [4.78, 5) is 17.6. The quantitative estimate of drug-likeness (QED) is 0.674. The zero-order valence-electron chi connectivity index (χ0n) is 14.3. The molecule has 24 heavy (non-hydrogen) atoms. The molecule has 1 saturated heterocycles. The molecule has 3 rings (SSSR count). The number of rotatable bonds is 5. The van der Waals surface area contributed by atoms with Gasteiger partial charge < -0.3 is 10.2 Å². The molecule has 0 spiro atoms. The van der Waals surface area contributed by atoms with E-state index in [1.165, 1.54) is 6.07 Å². The predicted octanol–water partition coefficient (Wildman–Crippen LogP) is 3.28. The topological polar surface area (TPSA) is 71.3 Å². The lowest BCUT2D eigenvalue weighted by atomic mass is 9.96. The molecular formula is C18H24N4O2. The highest BCUT2D eigenvalue weighted by Gasteiger charge is 2.21. The summed E-state index contributed by atoms with van der Waals surface area (Å²) in [7, 11) is 0. The Morgan fingerprint density at radius 2 is 2.08 bits per heavy atom. The Hall–Kier alpha value is -2.21. The van der Waals surface area contributed by atoms with Crippen molar-refractivity contribution in [2.24, 2.45) is 5.92 Å². The Morgan fingerprint density at radius 3 is 2.75 bits per heavy atom. The second kappa shape index (κ2) is 7.13. The summed E-state index contributed by atoms with van der Waals surface area (Å²) in [5.41, 5.74) is 2.96. The number of nitrogens with zero attached hydrogens (tertiary/aromatic N) is 3. The van der Waals surface area contributed by atoms with Crippen molar-refractivity contribution in [2.75, 3.05) is 31.1 Å². The molecule has 0 radical (unpaired) electrons. The van der Waals surface area contributed by atoms with Gasteiger partial charge in [0.1, 0.15) is 0 Å². The van der Waals surface area contributed by atoms with Crippen LogP contribution in [0.3, 0.4) is 0 Å². The molecule has 128 valence electrons. The average molecular weight is 328 g/mol. The third-order valence-electron chi connectivity index (χ3n) is 4.75. The molecule has 1 aromatic heterocycles. The number of aromatic nitrogens is 1. The van der Waals surface area contributed by atoms with Crippen molar-refractivity contribution in [1.29, 1.82) is 0 Å². The summed E-state index contributed by atoms with van der Waals surface area (Å²) in [6.07, 6.45) is 2.29. The maximum Gasteiger partial charge on any atom is 0.270 e. The van der Waals surface area contributed by atoms with E-state index < -0.39 is 0 Å². The number of nitro benzene ring substituents is 1. The number of anilines is 1. The number of hydrogen-bond donors (Lipinski definition) is 1. The smallest absolute Gasteiger partial charge is 0.270 e. The standard InChI is InChI=1S/C18H24N4O2/c1-3-19-12-14-6-8-21(9-7-14)18-10-13(2)20-17-5-4-15(22(23)24)11-16(17)18/h4-5,10-11,14,19H,3,6-9,12H2,1-2H3. The van der Waals surface area contributed by atoms with E-state index in [0.717, 1.165) is 61.3 Å². The number of non-ortho nitro benzene ring substituents is 1. The summed E-state index contributed by atoms with van der Waals surface area (Å²) in [6.45, 7) is 8.16. The Labute approximate surface area is 142 Å². The molecule has 2 aromatic rings. The molecule has 0 aliphatic carbocycles. The fraction of sp³-hybridized carbons (Fsp3) is 0.500. The van der Waals surface area contributed by atoms with Gasteiger partial charge in [-0.05, 0) is 50.9 Å². The van der Waals surface area contributed by atoms with Gasteiger partial charge in [-0.25, -0.2) is 0 Å². The molecule has 0 bridgehead atoms. The van der Waals surface area contributed by atoms with Gasteiger partial charge in [0, 0.05) is 42.0 Å². The predicted molar refractivity (Wildman–Crippen MR) is 96.6 cm³/mol. The fourth-order valence-electron chi connectivity index (χ4n) is 3.43. The third-order valence-corrected chi connectivity index (χ3v) is 4.75. The lowest BCUT2D eigenvalue weighted by molar-refractivity contribution is -0.384. The Bertz CT molecular complexity index is 739. The van der Waals surface area contributed by atoms with Crippen LogP contribution in [0.2, 0.25) is 0 Å². The van der Waals surface area contributed by atoms with Crippen LogP contribution in [0.25, 0.3) is 10.9 Å². The molecule has 6 nitrogen and oxygen atoms in total. The molecule has 1 aliphatic heterocycles. The van der Waals surface area contributed by atoms with E-state index in [4.69, 9.17) is 0 Å². The molecule has 1 fully saturated rings. The van der Waals surface area contributed by atoms with Crippen LogP contribution in [0, 0.1) is 23.0 Å². The number of nitro groups is 1. The van der Waals surface area contributed by atoms with Crippen molar-refractivity contribution in [3.8, 4) is 0 Å². The van der Waals surface area contributed by atoms with Crippen LogP contribution in [0.4, 0.5) is 11.4 Å². The summed E-state index contributed by atoms with van der Waals surface area (Å²) in [5.74, 6) is 0.713. The molecule has 1 aliphatic rings. The largest absolute Gasteiger partial charge is 0.371 e. The highest BCUT2D eigenvalue weighted by Crippen LogP contribution is 2.32. The summed E-state index contributed by atoms with van der Waals surface area (Å²) in [5, 5.41) is 15.4. The summed E-state index contributed by atoms with van der Waals surface area (Å²) >= 11 is 0. The van der Waals surface area contributed by atoms with Crippen LogP contribution in [0.1, 0.15) is 25.5 Å². The van der Waals surface area contributed by atoms with Crippen molar-refractivity contribution in [3.63, 3.8) is 0 Å². The lowest BCUT2D eigenvalue weighted by Crippen LogP contribution is -2.37. The molecule has 1 N–H and O–H groups in total. The lowest BCUT2D eigenvalue weighted by Gasteiger charge is -2.34. The van der Waals surface area contributed by atoms with Crippen LogP contribution in [-0.4, -0.2) is 36.1 Å². The first-order chi connectivity index (χ1) is 11.6. The molecule has 1 aromatic carbocycles. The van der Waals surface area contributed by atoms with Crippen LogP contribution in [-0.2, 0) is 0 Å². The normalized spacial score (nSPS) is 15.8. The van der Waals surface area contributed by atoms with Crippen molar-refractivity contribution in [1.82, 2.24) is 10.3 Å². The first-order valence-corrected chi connectivity index (χ1v) is 8.60. The maximum atomic E-state index is 11.1. The van der Waals surface area contributed by atoms with Crippen molar-refractivity contribution < 1.29 is 4.92 Å². The monoisotopic (exact) mass is 328 g/mol. The number of fused-ring (bicyclic) bond motifs is 1. The number of hydrogen-bond acceptors (Lipinski definition) is 5. The number of benzene rings is 1. The van der Waals surface area contributed by atoms with Crippen molar-refractivity contribution in [3.05, 3.63) is 40.1 Å². The third kappa shape index (κ3) is 3.48. The molecular weight excluding hydrogens is 304 g/mol. The van der Waals surface area contributed by atoms with E-state index in [2.05, 4.69) is 28.2 Å². The van der Waals surface area contributed by atoms with Gasteiger partial charge in [0.2, 0.25) is 0 Å². The first kappa shape index (κ1) is 16.6. The summed E-state index contributed by atoms with van der Waals surface area (Å²) in [6, 6.07) is 6.99. The van der Waals surface area contributed by atoms with E-state index in [0.29, 0.717) is 5.92 Å². The van der Waals surface area contributed by atoms with E-state index >= 15 is 0 Å². The molecule has 0 amide bonds. The number of pyridine rings is 1. The van der Waals surface area contributed by atoms with Gasteiger partial charge in [-0.15, -0.1) is 0 Å². The van der Waals surface area contributed by atoms with E-state index in [9.17, 15) is 10.1 Å². The van der Waals surface area contributed by atoms with Gasteiger partial charge >= 0.3 is 0 Å². The van der Waals surface area contributed by atoms with Gasteiger partial charge in [-0.3, -0.25) is 15.1 Å². The highest BCUT2D eigenvalue weighted by molar-refractivity contribution is 5.93. The fourth-order valence-corrected chi connectivity index (χ4v) is 3.43. The SMILES string of the molecule is CCNCC1CCN(c2cc(C)nc3ccc([N+](=O)[O-])cc23)CC1. The summed E-state index contributed by atoms with van der Waals surface area (Å²) < 4.78 is 0. The van der Waals surface area contributed by atoms with Gasteiger partial charge in [0.05, 0.1) is 10.4 Å². The minimum Gasteiger partial charge on any atom is -0.371 e.